The maximum Gasteiger partial charge on any atom is 0.309 e. The van der Waals surface area contributed by atoms with Crippen molar-refractivity contribution in [2.45, 2.75) is 12.8 Å². The zero-order valence-corrected chi connectivity index (χ0v) is 13.4. The molecule has 7 nitrogen and oxygen atoms in total. The van der Waals surface area contributed by atoms with Crippen LogP contribution in [0.5, 0.6) is 5.75 Å². The van der Waals surface area contributed by atoms with E-state index < -0.39 is 5.97 Å². The number of carboxylic acid groups (broad SMARTS) is 1. The van der Waals surface area contributed by atoms with E-state index in [0.717, 1.165) is 13.0 Å². The van der Waals surface area contributed by atoms with Crippen molar-refractivity contribution in [2.24, 2.45) is 5.92 Å². The highest BCUT2D eigenvalue weighted by Crippen LogP contribution is 2.21. The van der Waals surface area contributed by atoms with Gasteiger partial charge in [0.2, 0.25) is 0 Å². The van der Waals surface area contributed by atoms with E-state index in [4.69, 9.17) is 9.84 Å². The minimum absolute atomic E-state index is 0.0139. The van der Waals surface area contributed by atoms with Crippen molar-refractivity contribution in [2.75, 3.05) is 20.2 Å². The predicted molar refractivity (Wildman–Crippen MR) is 86.8 cm³/mol. The average molecular weight is 329 g/mol. The molecule has 2 N–H and O–H groups in total. The number of nitrogens with zero attached hydrogens (tertiary/aromatic N) is 2. The summed E-state index contributed by atoms with van der Waals surface area (Å²) in [6, 6.07) is 8.72. The Hall–Kier alpha value is -2.67. The first-order valence-corrected chi connectivity index (χ1v) is 7.78. The molecule has 1 saturated heterocycles. The van der Waals surface area contributed by atoms with Crippen LogP contribution in [0.4, 0.5) is 0 Å². The maximum absolute atomic E-state index is 12.8. The summed E-state index contributed by atoms with van der Waals surface area (Å²) in [4.78, 5) is 23.8. The molecule has 2 heterocycles. The molecule has 0 amide bonds. The van der Waals surface area contributed by atoms with Gasteiger partial charge in [0.05, 0.1) is 24.9 Å². The number of ketones is 1. The minimum atomic E-state index is -0.976. The average Bonchev–Trinajstić information content (AvgIpc) is 3.23. The van der Waals surface area contributed by atoms with Gasteiger partial charge in [0.15, 0.2) is 5.78 Å². The number of methoxy groups -OCH3 is 1. The third-order valence-corrected chi connectivity index (χ3v) is 4.09. The summed E-state index contributed by atoms with van der Waals surface area (Å²) < 4.78 is 6.67. The predicted octanol–water partition coefficient (Wildman–Crippen LogP) is 1.30. The van der Waals surface area contributed by atoms with Crippen LogP contribution in [0.15, 0.2) is 30.3 Å². The second-order valence-corrected chi connectivity index (χ2v) is 5.76. The van der Waals surface area contributed by atoms with Crippen molar-refractivity contribution in [3.8, 4) is 11.4 Å². The zero-order valence-electron chi connectivity index (χ0n) is 13.4. The van der Waals surface area contributed by atoms with Crippen molar-refractivity contribution in [1.82, 2.24) is 15.1 Å². The lowest BCUT2D eigenvalue weighted by Crippen LogP contribution is -2.20. The normalized spacial score (nSPS) is 17.0. The Morgan fingerprint density at radius 2 is 2.12 bits per heavy atom. The fraction of sp³-hybridized carbons (Fsp3) is 0.353. The van der Waals surface area contributed by atoms with Crippen molar-refractivity contribution in [1.29, 1.82) is 0 Å². The quantitative estimate of drug-likeness (QED) is 0.776. The van der Waals surface area contributed by atoms with Gasteiger partial charge in [-0.1, -0.05) is 0 Å². The first kappa shape index (κ1) is 16.2. The standard InChI is InChI=1S/C17H19N3O4/c1-24-14-4-2-13(3-5-14)20-15(8-12(19-20)9-16(21)22)17(23)11-6-7-18-10-11/h2-5,8,11,18H,6-7,9-10H2,1H3,(H,21,22). The molecule has 0 aliphatic carbocycles. The number of Topliss-reactive ketones (excluding diaryl/α,β-unsaturated/α-hetero) is 1. The fourth-order valence-electron chi connectivity index (χ4n) is 2.85. The Bertz CT molecular complexity index is 746. The molecule has 0 radical (unpaired) electrons. The summed E-state index contributed by atoms with van der Waals surface area (Å²) >= 11 is 0. The monoisotopic (exact) mass is 329 g/mol. The first-order chi connectivity index (χ1) is 11.6. The van der Waals surface area contributed by atoms with E-state index in [1.54, 1.807) is 37.4 Å². The van der Waals surface area contributed by atoms with Crippen LogP contribution in [0.2, 0.25) is 0 Å². The molecule has 126 valence electrons. The van der Waals surface area contributed by atoms with Gasteiger partial charge < -0.3 is 15.2 Å². The number of hydrogen-bond acceptors (Lipinski definition) is 5. The molecule has 1 aromatic heterocycles. The smallest absolute Gasteiger partial charge is 0.309 e. The fourth-order valence-corrected chi connectivity index (χ4v) is 2.85. The molecule has 1 unspecified atom stereocenters. The van der Waals surface area contributed by atoms with E-state index in [-0.39, 0.29) is 18.1 Å². The number of ether oxygens (including phenoxy) is 1. The summed E-state index contributed by atoms with van der Waals surface area (Å²) in [7, 11) is 1.58. The van der Waals surface area contributed by atoms with Gasteiger partial charge in [0.1, 0.15) is 11.4 Å². The summed E-state index contributed by atoms with van der Waals surface area (Å²) in [5, 5.41) is 16.5. The highest BCUT2D eigenvalue weighted by Gasteiger charge is 2.27. The lowest BCUT2D eigenvalue weighted by molar-refractivity contribution is -0.136. The van der Waals surface area contributed by atoms with Crippen LogP contribution in [0, 0.1) is 5.92 Å². The maximum atomic E-state index is 12.8. The van der Waals surface area contributed by atoms with Gasteiger partial charge in [-0.25, -0.2) is 4.68 Å². The second-order valence-electron chi connectivity index (χ2n) is 5.76. The summed E-state index contributed by atoms with van der Waals surface area (Å²) in [6.07, 6.45) is 0.563. The summed E-state index contributed by atoms with van der Waals surface area (Å²) in [6.45, 7) is 1.45. The van der Waals surface area contributed by atoms with E-state index in [2.05, 4.69) is 10.4 Å². The number of benzene rings is 1. The first-order valence-electron chi connectivity index (χ1n) is 7.78. The van der Waals surface area contributed by atoms with Crippen LogP contribution < -0.4 is 10.1 Å². The topological polar surface area (TPSA) is 93.5 Å². The molecule has 7 heteroatoms. The number of aromatic nitrogens is 2. The van der Waals surface area contributed by atoms with Gasteiger partial charge in [-0.2, -0.15) is 5.10 Å². The lowest BCUT2D eigenvalue weighted by atomic mass is 10.0. The van der Waals surface area contributed by atoms with Crippen LogP contribution in [-0.2, 0) is 11.2 Å². The van der Waals surface area contributed by atoms with Crippen LogP contribution in [0.1, 0.15) is 22.6 Å². The molecule has 1 aromatic carbocycles. The molecule has 0 spiro atoms. The van der Waals surface area contributed by atoms with Gasteiger partial charge in [-0.15, -0.1) is 0 Å². The van der Waals surface area contributed by atoms with Crippen LogP contribution in [0.3, 0.4) is 0 Å². The molecule has 0 saturated carbocycles. The third-order valence-electron chi connectivity index (χ3n) is 4.09. The molecule has 24 heavy (non-hydrogen) atoms. The number of carbonyl (C=O) groups is 2. The SMILES string of the molecule is COc1ccc(-n2nc(CC(=O)O)cc2C(=O)C2CCNC2)cc1. The van der Waals surface area contributed by atoms with Gasteiger partial charge in [0.25, 0.3) is 0 Å². The molecule has 0 bridgehead atoms. The van der Waals surface area contributed by atoms with E-state index >= 15 is 0 Å². The van der Waals surface area contributed by atoms with Crippen LogP contribution in [-0.4, -0.2) is 46.8 Å². The van der Waals surface area contributed by atoms with Crippen molar-refractivity contribution < 1.29 is 19.4 Å². The molecular formula is C17H19N3O4. The van der Waals surface area contributed by atoms with E-state index in [0.29, 0.717) is 29.4 Å². The Morgan fingerprint density at radius 1 is 1.38 bits per heavy atom. The zero-order chi connectivity index (χ0) is 17.1. The molecule has 2 aromatic rings. The van der Waals surface area contributed by atoms with Crippen molar-refractivity contribution in [3.05, 3.63) is 41.7 Å². The summed E-state index contributed by atoms with van der Waals surface area (Å²) in [5.74, 6) is -0.392. The largest absolute Gasteiger partial charge is 0.497 e. The van der Waals surface area contributed by atoms with Crippen LogP contribution >= 0.6 is 0 Å². The highest BCUT2D eigenvalue weighted by molar-refractivity contribution is 5.97. The number of aliphatic carboxylic acids is 1. The van der Waals surface area contributed by atoms with Gasteiger partial charge in [0, 0.05) is 12.5 Å². The van der Waals surface area contributed by atoms with Crippen molar-refractivity contribution >= 4 is 11.8 Å². The lowest BCUT2D eigenvalue weighted by Gasteiger charge is -2.10. The molecule has 1 aliphatic heterocycles. The third kappa shape index (κ3) is 3.30. The molecule has 1 fully saturated rings. The van der Waals surface area contributed by atoms with Gasteiger partial charge >= 0.3 is 5.97 Å². The van der Waals surface area contributed by atoms with E-state index in [9.17, 15) is 9.59 Å². The molecule has 1 aliphatic rings. The Morgan fingerprint density at radius 3 is 2.71 bits per heavy atom. The Kier molecular flexibility index (Phi) is 4.61. The Labute approximate surface area is 139 Å². The molecule has 1 atom stereocenters. The van der Waals surface area contributed by atoms with Gasteiger partial charge in [-0.3, -0.25) is 9.59 Å². The summed E-state index contributed by atoms with van der Waals surface area (Å²) in [5.41, 5.74) is 1.49. The second kappa shape index (κ2) is 6.84. The molecule has 3 rings (SSSR count). The van der Waals surface area contributed by atoms with Crippen molar-refractivity contribution in [3.63, 3.8) is 0 Å². The van der Waals surface area contributed by atoms with E-state index in [1.165, 1.54) is 4.68 Å². The van der Waals surface area contributed by atoms with Gasteiger partial charge in [-0.05, 0) is 43.3 Å². The van der Waals surface area contributed by atoms with Crippen LogP contribution in [0.25, 0.3) is 5.69 Å². The number of hydrogen-bond donors (Lipinski definition) is 2. The minimum Gasteiger partial charge on any atom is -0.497 e. The Balaban J connectivity index is 1.99. The highest BCUT2D eigenvalue weighted by atomic mass is 16.5. The number of rotatable bonds is 6. The number of carbonyl (C=O) groups excluding carboxylic acids is 1. The molecular weight excluding hydrogens is 310 g/mol. The van der Waals surface area contributed by atoms with E-state index in [1.807, 2.05) is 0 Å². The number of carboxylic acids is 1. The number of nitrogens with one attached hydrogen (secondary N) is 1.